The predicted molar refractivity (Wildman–Crippen MR) is 176 cm³/mol. The molecular weight excluding hydrogens is 538 g/mol. The number of para-hydroxylation sites is 1. The summed E-state index contributed by atoms with van der Waals surface area (Å²) >= 11 is 1.91. The molecule has 2 aromatic carbocycles. The van der Waals surface area contributed by atoms with E-state index in [9.17, 15) is 0 Å². The van der Waals surface area contributed by atoms with Gasteiger partial charge in [-0.3, -0.25) is 4.90 Å². The van der Waals surface area contributed by atoms with Crippen molar-refractivity contribution >= 4 is 23.4 Å². The molecule has 2 heterocycles. The number of ether oxygens (including phenoxy) is 1. The molecule has 2 unspecified atom stereocenters. The fraction of sp³-hybridized carbons (Fsp3) is 0.571. The Labute approximate surface area is 257 Å². The van der Waals surface area contributed by atoms with E-state index in [1.165, 1.54) is 81.9 Å². The van der Waals surface area contributed by atoms with Crippen molar-refractivity contribution in [2.75, 3.05) is 13.1 Å². The number of guanidine groups is 1. The first-order chi connectivity index (χ1) is 20.6. The zero-order valence-corrected chi connectivity index (χ0v) is 26.2. The molecule has 0 spiro atoms. The van der Waals surface area contributed by atoms with E-state index < -0.39 is 0 Å². The van der Waals surface area contributed by atoms with Crippen molar-refractivity contribution in [3.05, 3.63) is 65.2 Å². The predicted octanol–water partition coefficient (Wildman–Crippen LogP) is 8.13. The van der Waals surface area contributed by atoms with Crippen molar-refractivity contribution in [3.63, 3.8) is 0 Å². The van der Waals surface area contributed by atoms with E-state index in [1.54, 1.807) is 0 Å². The summed E-state index contributed by atoms with van der Waals surface area (Å²) < 4.78 is 6.18. The molecule has 0 bridgehead atoms. The van der Waals surface area contributed by atoms with Crippen LogP contribution in [-0.4, -0.2) is 46.3 Å². The van der Waals surface area contributed by atoms with Crippen LogP contribution in [0.5, 0.6) is 11.5 Å². The zero-order valence-electron chi connectivity index (χ0n) is 25.3. The summed E-state index contributed by atoms with van der Waals surface area (Å²) in [6.45, 7) is 5.27. The van der Waals surface area contributed by atoms with Gasteiger partial charge in [0.25, 0.3) is 0 Å². The van der Waals surface area contributed by atoms with Crippen molar-refractivity contribution in [2.24, 2.45) is 16.6 Å². The van der Waals surface area contributed by atoms with E-state index in [2.05, 4.69) is 39.6 Å². The summed E-state index contributed by atoms with van der Waals surface area (Å²) in [7, 11) is 0. The minimum absolute atomic E-state index is 0.425. The van der Waals surface area contributed by atoms with Gasteiger partial charge in [-0.25, -0.2) is 4.99 Å². The molecule has 226 valence electrons. The summed E-state index contributed by atoms with van der Waals surface area (Å²) in [6.07, 6.45) is 15.8. The lowest BCUT2D eigenvalue weighted by atomic mass is 9.81. The molecule has 2 aromatic rings. The SMILES string of the molecule is CC1NC(CN(CCCC(C2CCCCC2)N2Cc3cc(Oc4ccccc4)ccc3N=C2N)C2CCCCC2)=CS1. The number of thioether (sulfide) groups is 1. The van der Waals surface area contributed by atoms with Crippen LogP contribution in [-0.2, 0) is 6.54 Å². The molecule has 0 saturated heterocycles. The van der Waals surface area contributed by atoms with E-state index >= 15 is 0 Å². The Morgan fingerprint density at radius 1 is 1.00 bits per heavy atom. The third kappa shape index (κ3) is 7.46. The maximum atomic E-state index is 6.75. The zero-order chi connectivity index (χ0) is 28.7. The smallest absolute Gasteiger partial charge is 0.197 e. The van der Waals surface area contributed by atoms with E-state index in [4.69, 9.17) is 15.5 Å². The highest BCUT2D eigenvalue weighted by Crippen LogP contribution is 2.37. The van der Waals surface area contributed by atoms with Crippen LogP contribution in [0.15, 0.2) is 64.6 Å². The fourth-order valence-electron chi connectivity index (χ4n) is 7.55. The number of nitrogens with two attached hydrogens (primary N) is 1. The second-order valence-electron chi connectivity index (χ2n) is 12.7. The number of fused-ring (bicyclic) bond motifs is 1. The molecule has 2 fully saturated rings. The summed E-state index contributed by atoms with van der Waals surface area (Å²) in [5, 5.41) is 6.54. The number of rotatable bonds is 11. The van der Waals surface area contributed by atoms with Crippen LogP contribution >= 0.6 is 11.8 Å². The van der Waals surface area contributed by atoms with E-state index in [0.29, 0.717) is 29.3 Å². The van der Waals surface area contributed by atoms with Crippen LogP contribution in [0.2, 0.25) is 0 Å². The largest absolute Gasteiger partial charge is 0.457 e. The highest BCUT2D eigenvalue weighted by atomic mass is 32.2. The lowest BCUT2D eigenvalue weighted by Gasteiger charge is -2.42. The van der Waals surface area contributed by atoms with E-state index in [0.717, 1.165) is 43.2 Å². The maximum Gasteiger partial charge on any atom is 0.197 e. The standard InChI is InChI=1S/C35H49N5OS/c1-26-37-29(25-42-26)24-39(30-14-7-3-8-15-30)21-11-18-34(27-12-5-2-6-13-27)40-23-28-22-32(19-20-33(28)38-35(40)36)41-31-16-9-4-10-17-31/h4,9-10,16-17,19-20,22,25-27,30,34,37H,2-3,5-8,11-15,18,21,23-24H2,1H3,(H2,36,38). The number of hydrogen-bond donors (Lipinski definition) is 2. The number of nitrogens with one attached hydrogen (secondary N) is 1. The van der Waals surface area contributed by atoms with Crippen LogP contribution in [0.4, 0.5) is 5.69 Å². The molecule has 4 aliphatic rings. The molecule has 7 heteroatoms. The Morgan fingerprint density at radius 3 is 2.50 bits per heavy atom. The molecule has 6 rings (SSSR count). The average molecular weight is 588 g/mol. The molecular formula is C35H49N5OS. The minimum atomic E-state index is 0.425. The van der Waals surface area contributed by atoms with E-state index in [-0.39, 0.29) is 0 Å². The molecule has 2 aliphatic carbocycles. The van der Waals surface area contributed by atoms with Crippen molar-refractivity contribution in [1.29, 1.82) is 0 Å². The second kappa shape index (κ2) is 14.2. The molecule has 3 N–H and O–H groups in total. The van der Waals surface area contributed by atoms with Crippen molar-refractivity contribution in [2.45, 2.75) is 108 Å². The first kappa shape index (κ1) is 29.4. The van der Waals surface area contributed by atoms with Gasteiger partial charge in [-0.2, -0.15) is 0 Å². The average Bonchev–Trinajstić information content (AvgIpc) is 3.44. The second-order valence-corrected chi connectivity index (χ2v) is 14.0. The number of benzene rings is 2. The first-order valence-corrected chi connectivity index (χ1v) is 17.4. The quantitative estimate of drug-likeness (QED) is 0.277. The van der Waals surface area contributed by atoms with Crippen LogP contribution in [0.25, 0.3) is 0 Å². The summed E-state index contributed by atoms with van der Waals surface area (Å²) in [5.41, 5.74) is 10.3. The summed E-state index contributed by atoms with van der Waals surface area (Å²) in [4.78, 5) is 10.2. The van der Waals surface area contributed by atoms with Crippen LogP contribution in [0.3, 0.4) is 0 Å². The van der Waals surface area contributed by atoms with Crippen molar-refractivity contribution in [1.82, 2.24) is 15.1 Å². The lowest BCUT2D eigenvalue weighted by Crippen LogP contribution is -2.49. The Balaban J connectivity index is 1.16. The Hall–Kier alpha value is -2.64. The Morgan fingerprint density at radius 2 is 1.76 bits per heavy atom. The van der Waals surface area contributed by atoms with Gasteiger partial charge in [0.1, 0.15) is 11.5 Å². The maximum absolute atomic E-state index is 6.75. The number of nitrogens with zero attached hydrogens (tertiary/aromatic N) is 3. The Bertz CT molecular complexity index is 1220. The van der Waals surface area contributed by atoms with Crippen molar-refractivity contribution in [3.8, 4) is 11.5 Å². The third-order valence-corrected chi connectivity index (χ3v) is 10.7. The van der Waals surface area contributed by atoms with Crippen LogP contribution in [0, 0.1) is 5.92 Å². The summed E-state index contributed by atoms with van der Waals surface area (Å²) in [6, 6.07) is 17.4. The van der Waals surface area contributed by atoms with Crippen LogP contribution in [0.1, 0.15) is 89.5 Å². The van der Waals surface area contributed by atoms with Crippen LogP contribution < -0.4 is 15.8 Å². The monoisotopic (exact) mass is 587 g/mol. The van der Waals surface area contributed by atoms with Gasteiger partial charge in [0.15, 0.2) is 5.96 Å². The highest BCUT2D eigenvalue weighted by molar-refractivity contribution is 8.02. The van der Waals surface area contributed by atoms with Gasteiger partial charge in [-0.05, 0) is 93.7 Å². The molecule has 0 amide bonds. The molecule has 0 aromatic heterocycles. The fourth-order valence-corrected chi connectivity index (χ4v) is 8.28. The molecule has 0 radical (unpaired) electrons. The molecule has 2 aliphatic heterocycles. The molecule has 6 nitrogen and oxygen atoms in total. The molecule has 2 saturated carbocycles. The van der Waals surface area contributed by atoms with Gasteiger partial charge >= 0.3 is 0 Å². The highest BCUT2D eigenvalue weighted by Gasteiger charge is 2.33. The van der Waals surface area contributed by atoms with Crippen molar-refractivity contribution < 1.29 is 4.74 Å². The van der Waals surface area contributed by atoms with Gasteiger partial charge in [0.05, 0.1) is 11.1 Å². The van der Waals surface area contributed by atoms with E-state index in [1.807, 2.05) is 48.2 Å². The normalized spacial score (nSPS) is 22.3. The number of hydrogen-bond acceptors (Lipinski definition) is 7. The van der Waals surface area contributed by atoms with Gasteiger partial charge in [-0.15, -0.1) is 11.8 Å². The minimum Gasteiger partial charge on any atom is -0.457 e. The van der Waals surface area contributed by atoms with Gasteiger partial charge in [-0.1, -0.05) is 56.7 Å². The van der Waals surface area contributed by atoms with Gasteiger partial charge in [0, 0.05) is 36.4 Å². The third-order valence-electron chi connectivity index (χ3n) is 9.71. The van der Waals surface area contributed by atoms with Gasteiger partial charge in [0.2, 0.25) is 0 Å². The van der Waals surface area contributed by atoms with Gasteiger partial charge < -0.3 is 20.7 Å². The lowest BCUT2D eigenvalue weighted by molar-refractivity contribution is 0.136. The first-order valence-electron chi connectivity index (χ1n) is 16.4. The number of aliphatic imine (C=N–C) groups is 1. The molecule has 42 heavy (non-hydrogen) atoms. The Kier molecular flexibility index (Phi) is 9.97. The topological polar surface area (TPSA) is 66.1 Å². The molecule has 2 atom stereocenters. The summed E-state index contributed by atoms with van der Waals surface area (Å²) in [5.74, 6) is 3.07.